The molecule has 2 rings (SSSR count). The second-order valence-electron chi connectivity index (χ2n) is 8.55. The summed E-state index contributed by atoms with van der Waals surface area (Å²) in [5.74, 6) is 0.941. The van der Waals surface area contributed by atoms with Gasteiger partial charge in [0.2, 0.25) is 5.91 Å². The molecule has 4 heteroatoms. The van der Waals surface area contributed by atoms with E-state index in [1.165, 1.54) is 32.1 Å². The van der Waals surface area contributed by atoms with Gasteiger partial charge in [-0.1, -0.05) is 52.9 Å². The van der Waals surface area contributed by atoms with Gasteiger partial charge in [0.1, 0.15) is 6.10 Å². The highest BCUT2D eigenvalue weighted by Gasteiger charge is 2.43. The summed E-state index contributed by atoms with van der Waals surface area (Å²) >= 11 is 0. The molecule has 1 saturated heterocycles. The van der Waals surface area contributed by atoms with Crippen LogP contribution in [-0.2, 0) is 9.22 Å². The zero-order valence-corrected chi connectivity index (χ0v) is 15.5. The van der Waals surface area contributed by atoms with Crippen molar-refractivity contribution in [2.24, 2.45) is 5.92 Å². The highest BCUT2D eigenvalue weighted by molar-refractivity contribution is 6.74. The zero-order chi connectivity index (χ0) is 15.7. The monoisotopic (exact) mass is 311 g/mol. The van der Waals surface area contributed by atoms with Gasteiger partial charge in [0.25, 0.3) is 0 Å². The standard InChI is InChI=1S/C17H33NO2Si/c1-17(2,3)21(4,5)20-15-12-14(18-16(15)19)11-13-9-7-6-8-10-13/h13-15H,6-12H2,1-5H3,(H,18,19)/t14?,15-/m0/s1. The van der Waals surface area contributed by atoms with Crippen LogP contribution in [-0.4, -0.2) is 26.4 Å². The van der Waals surface area contributed by atoms with E-state index in [1.54, 1.807) is 0 Å². The van der Waals surface area contributed by atoms with Crippen LogP contribution in [0.1, 0.15) is 65.7 Å². The molecule has 122 valence electrons. The molecule has 3 nitrogen and oxygen atoms in total. The van der Waals surface area contributed by atoms with Gasteiger partial charge in [-0.25, -0.2) is 0 Å². The van der Waals surface area contributed by atoms with E-state index >= 15 is 0 Å². The van der Waals surface area contributed by atoms with Gasteiger partial charge in [-0.15, -0.1) is 0 Å². The van der Waals surface area contributed by atoms with E-state index in [-0.39, 0.29) is 17.0 Å². The van der Waals surface area contributed by atoms with Crippen molar-refractivity contribution in [1.82, 2.24) is 5.32 Å². The van der Waals surface area contributed by atoms with Gasteiger partial charge in [0.15, 0.2) is 8.32 Å². The van der Waals surface area contributed by atoms with Crippen molar-refractivity contribution < 1.29 is 9.22 Å². The number of rotatable bonds is 4. The summed E-state index contributed by atoms with van der Waals surface area (Å²) in [6.45, 7) is 11.1. The first-order chi connectivity index (χ1) is 9.69. The SMILES string of the molecule is CC(C)(C)[Si](C)(C)O[C@H]1CC(CC2CCCCC2)NC1=O. The Bertz CT molecular complexity index is 369. The molecule has 1 N–H and O–H groups in total. The molecule has 0 aromatic rings. The van der Waals surface area contributed by atoms with Crippen molar-refractivity contribution in [3.63, 3.8) is 0 Å². The average molecular weight is 312 g/mol. The van der Waals surface area contributed by atoms with Gasteiger partial charge in [-0.05, 0) is 30.5 Å². The lowest BCUT2D eigenvalue weighted by molar-refractivity contribution is -0.125. The van der Waals surface area contributed by atoms with Crippen molar-refractivity contribution in [3.05, 3.63) is 0 Å². The van der Waals surface area contributed by atoms with Crippen LogP contribution in [0.4, 0.5) is 0 Å². The summed E-state index contributed by atoms with van der Waals surface area (Å²) in [6.07, 6.45) is 8.65. The highest BCUT2D eigenvalue weighted by atomic mass is 28.4. The minimum absolute atomic E-state index is 0.126. The summed E-state index contributed by atoms with van der Waals surface area (Å²) in [6, 6.07) is 0.343. The van der Waals surface area contributed by atoms with E-state index in [0.29, 0.717) is 6.04 Å². The third-order valence-electron chi connectivity index (χ3n) is 5.72. The van der Waals surface area contributed by atoms with Gasteiger partial charge in [0.05, 0.1) is 0 Å². The first-order valence-corrected chi connectivity index (χ1v) is 11.6. The Morgan fingerprint density at radius 3 is 2.38 bits per heavy atom. The summed E-state index contributed by atoms with van der Waals surface area (Å²) in [5, 5.41) is 3.35. The average Bonchev–Trinajstić information content (AvgIpc) is 2.69. The van der Waals surface area contributed by atoms with Gasteiger partial charge in [-0.2, -0.15) is 0 Å². The molecule has 0 spiro atoms. The maximum atomic E-state index is 12.2. The smallest absolute Gasteiger partial charge is 0.248 e. The predicted molar refractivity (Wildman–Crippen MR) is 89.8 cm³/mol. The molecule has 0 aromatic heterocycles. The third kappa shape index (κ3) is 4.32. The second kappa shape index (κ2) is 6.41. The first-order valence-electron chi connectivity index (χ1n) is 8.67. The van der Waals surface area contributed by atoms with E-state index in [1.807, 2.05) is 0 Å². The lowest BCUT2D eigenvalue weighted by Gasteiger charge is -2.37. The van der Waals surface area contributed by atoms with Crippen molar-refractivity contribution in [2.45, 2.75) is 96.0 Å². The van der Waals surface area contributed by atoms with Gasteiger partial charge >= 0.3 is 0 Å². The summed E-state index contributed by atoms with van der Waals surface area (Å²) < 4.78 is 6.32. The Balaban J connectivity index is 1.87. The Kier molecular flexibility index (Phi) is 5.19. The largest absolute Gasteiger partial charge is 0.405 e. The maximum absolute atomic E-state index is 12.2. The Hall–Kier alpha value is -0.353. The third-order valence-corrected chi connectivity index (χ3v) is 10.2. The van der Waals surface area contributed by atoms with Gasteiger partial charge in [0, 0.05) is 12.5 Å². The van der Waals surface area contributed by atoms with E-state index in [0.717, 1.165) is 18.8 Å². The van der Waals surface area contributed by atoms with Crippen molar-refractivity contribution >= 4 is 14.2 Å². The summed E-state index contributed by atoms with van der Waals surface area (Å²) in [4.78, 5) is 12.2. The number of carbonyl (C=O) groups is 1. The van der Waals surface area contributed by atoms with E-state index < -0.39 is 8.32 Å². The van der Waals surface area contributed by atoms with Crippen LogP contribution in [0.15, 0.2) is 0 Å². The van der Waals surface area contributed by atoms with Crippen LogP contribution < -0.4 is 5.32 Å². The number of nitrogens with one attached hydrogen (secondary N) is 1. The minimum Gasteiger partial charge on any atom is -0.405 e. The molecular formula is C17H33NO2Si. The fraction of sp³-hybridized carbons (Fsp3) is 0.941. The quantitative estimate of drug-likeness (QED) is 0.789. The fourth-order valence-electron chi connectivity index (χ4n) is 3.33. The van der Waals surface area contributed by atoms with Gasteiger partial charge < -0.3 is 9.74 Å². The molecule has 1 unspecified atom stereocenters. The first kappa shape index (κ1) is 17.0. The second-order valence-corrected chi connectivity index (χ2v) is 13.3. The van der Waals surface area contributed by atoms with E-state index in [2.05, 4.69) is 39.2 Å². The molecule has 1 saturated carbocycles. The molecule has 1 aliphatic heterocycles. The fourth-order valence-corrected chi connectivity index (χ4v) is 4.60. The lowest BCUT2D eigenvalue weighted by atomic mass is 9.84. The zero-order valence-electron chi connectivity index (χ0n) is 14.5. The van der Waals surface area contributed by atoms with Gasteiger partial charge in [-0.3, -0.25) is 4.79 Å². The highest BCUT2D eigenvalue weighted by Crippen LogP contribution is 2.38. The Labute approximate surface area is 131 Å². The Morgan fingerprint density at radius 1 is 1.19 bits per heavy atom. The summed E-state index contributed by atoms with van der Waals surface area (Å²) in [7, 11) is -1.85. The topological polar surface area (TPSA) is 38.3 Å². The van der Waals surface area contributed by atoms with Crippen molar-refractivity contribution in [1.29, 1.82) is 0 Å². The van der Waals surface area contributed by atoms with Crippen LogP contribution in [0.5, 0.6) is 0 Å². The van der Waals surface area contributed by atoms with Crippen molar-refractivity contribution in [2.75, 3.05) is 0 Å². The molecule has 0 bridgehead atoms. The van der Waals surface area contributed by atoms with Crippen LogP contribution in [0, 0.1) is 5.92 Å². The van der Waals surface area contributed by atoms with Crippen molar-refractivity contribution in [3.8, 4) is 0 Å². The Morgan fingerprint density at radius 2 is 1.81 bits per heavy atom. The predicted octanol–water partition coefficient (Wildman–Crippen LogP) is 4.24. The minimum atomic E-state index is -1.85. The molecule has 1 aliphatic carbocycles. The lowest BCUT2D eigenvalue weighted by Crippen LogP contribution is -2.45. The molecular weight excluding hydrogens is 278 g/mol. The molecule has 2 aliphatic rings. The van der Waals surface area contributed by atoms with Crippen LogP contribution in [0.25, 0.3) is 0 Å². The maximum Gasteiger partial charge on any atom is 0.248 e. The normalized spacial score (nSPS) is 28.7. The van der Waals surface area contributed by atoms with E-state index in [4.69, 9.17) is 4.43 Å². The number of amides is 1. The molecule has 1 amide bonds. The van der Waals surface area contributed by atoms with Crippen LogP contribution in [0.2, 0.25) is 18.1 Å². The van der Waals surface area contributed by atoms with Crippen LogP contribution in [0.3, 0.4) is 0 Å². The number of carbonyl (C=O) groups excluding carboxylic acids is 1. The molecule has 2 fully saturated rings. The van der Waals surface area contributed by atoms with E-state index in [9.17, 15) is 4.79 Å². The molecule has 0 aromatic carbocycles. The number of hydrogen-bond acceptors (Lipinski definition) is 2. The number of hydrogen-bond donors (Lipinski definition) is 1. The van der Waals surface area contributed by atoms with Crippen LogP contribution >= 0.6 is 0 Å². The molecule has 21 heavy (non-hydrogen) atoms. The summed E-state index contributed by atoms with van der Waals surface area (Å²) in [5.41, 5.74) is 0. The molecule has 2 atom stereocenters. The molecule has 0 radical (unpaired) electrons. The molecule has 1 heterocycles.